The molecule has 0 bridgehead atoms. The van der Waals surface area contributed by atoms with Crippen molar-refractivity contribution in [1.82, 2.24) is 20.0 Å². The van der Waals surface area contributed by atoms with Crippen LogP contribution in [0.1, 0.15) is 31.2 Å². The first-order chi connectivity index (χ1) is 9.40. The number of rotatable bonds is 3. The van der Waals surface area contributed by atoms with Crippen LogP contribution in [0.25, 0.3) is 0 Å². The average molecular weight is 276 g/mol. The molecule has 1 aliphatic carbocycles. The van der Waals surface area contributed by atoms with Crippen molar-refractivity contribution in [2.45, 2.75) is 38.8 Å². The number of piperazine rings is 1. The van der Waals surface area contributed by atoms with Crippen molar-refractivity contribution in [3.05, 3.63) is 17.5 Å². The molecule has 3 rings (SSSR count). The van der Waals surface area contributed by atoms with Gasteiger partial charge in [-0.3, -0.25) is 14.3 Å². The number of amides is 2. The molecule has 1 N–H and O–H groups in total. The maximum atomic E-state index is 12.7. The van der Waals surface area contributed by atoms with Crippen molar-refractivity contribution in [3.63, 3.8) is 0 Å². The van der Waals surface area contributed by atoms with Gasteiger partial charge in [0.05, 0.1) is 17.9 Å². The zero-order chi connectivity index (χ0) is 14.5. The molecule has 0 radical (unpaired) electrons. The van der Waals surface area contributed by atoms with Crippen LogP contribution >= 0.6 is 0 Å². The highest BCUT2D eigenvalue weighted by atomic mass is 16.2. The van der Waals surface area contributed by atoms with Gasteiger partial charge in [-0.25, -0.2) is 0 Å². The Morgan fingerprint density at radius 3 is 2.70 bits per heavy atom. The molecule has 2 aliphatic rings. The third kappa shape index (κ3) is 2.09. The zero-order valence-electron chi connectivity index (χ0n) is 12.1. The minimum absolute atomic E-state index is 0.0263. The Morgan fingerprint density at radius 1 is 1.45 bits per heavy atom. The fourth-order valence-corrected chi connectivity index (χ4v) is 3.03. The van der Waals surface area contributed by atoms with Gasteiger partial charge in [0.25, 0.3) is 0 Å². The summed E-state index contributed by atoms with van der Waals surface area (Å²) < 4.78 is 1.77. The maximum Gasteiger partial charge on any atom is 0.249 e. The topological polar surface area (TPSA) is 67.2 Å². The van der Waals surface area contributed by atoms with E-state index in [1.54, 1.807) is 9.58 Å². The predicted octanol–water partition coefficient (Wildman–Crippen LogP) is 0.356. The number of hydrogen-bond acceptors (Lipinski definition) is 3. The summed E-state index contributed by atoms with van der Waals surface area (Å²) in [5, 5.41) is 7.17. The second-order valence-corrected chi connectivity index (χ2v) is 6.09. The van der Waals surface area contributed by atoms with Crippen LogP contribution in [0.15, 0.2) is 6.07 Å². The van der Waals surface area contributed by atoms with Crippen molar-refractivity contribution in [2.24, 2.45) is 13.0 Å². The first kappa shape index (κ1) is 13.1. The lowest BCUT2D eigenvalue weighted by Gasteiger charge is -2.40. The summed E-state index contributed by atoms with van der Waals surface area (Å²) in [7, 11) is 1.86. The minimum atomic E-state index is -0.719. The first-order valence-electron chi connectivity index (χ1n) is 7.00. The van der Waals surface area contributed by atoms with E-state index in [9.17, 15) is 9.59 Å². The summed E-state index contributed by atoms with van der Waals surface area (Å²) in [6.45, 7) is 4.34. The van der Waals surface area contributed by atoms with Gasteiger partial charge < -0.3 is 10.2 Å². The van der Waals surface area contributed by atoms with E-state index in [0.717, 1.165) is 24.2 Å². The number of nitrogens with one attached hydrogen (secondary N) is 1. The van der Waals surface area contributed by atoms with E-state index in [1.165, 1.54) is 0 Å². The average Bonchev–Trinajstić information content (AvgIpc) is 3.14. The van der Waals surface area contributed by atoms with Gasteiger partial charge in [-0.1, -0.05) is 0 Å². The van der Waals surface area contributed by atoms with E-state index < -0.39 is 5.54 Å². The number of carbonyl (C=O) groups excluding carboxylic acids is 2. The highest BCUT2D eigenvalue weighted by Crippen LogP contribution is 2.41. The van der Waals surface area contributed by atoms with Gasteiger partial charge in [0, 0.05) is 7.05 Å². The van der Waals surface area contributed by atoms with Crippen LogP contribution < -0.4 is 5.32 Å². The summed E-state index contributed by atoms with van der Waals surface area (Å²) in [5.74, 6) is 0.242. The maximum absolute atomic E-state index is 12.7. The number of hydrogen-bond donors (Lipinski definition) is 1. The number of nitrogens with zero attached hydrogens (tertiary/aromatic N) is 3. The smallest absolute Gasteiger partial charge is 0.249 e. The molecule has 1 aromatic rings. The van der Waals surface area contributed by atoms with Gasteiger partial charge in [0.15, 0.2) is 0 Å². The van der Waals surface area contributed by atoms with E-state index in [0.29, 0.717) is 6.54 Å². The van der Waals surface area contributed by atoms with Crippen molar-refractivity contribution < 1.29 is 9.59 Å². The molecule has 6 nitrogen and oxygen atoms in total. The molecule has 2 amide bonds. The highest BCUT2D eigenvalue weighted by Gasteiger charge is 2.52. The largest absolute Gasteiger partial charge is 0.340 e. The molecule has 2 heterocycles. The minimum Gasteiger partial charge on any atom is -0.340 e. The van der Waals surface area contributed by atoms with E-state index in [1.807, 2.05) is 27.0 Å². The molecular weight excluding hydrogens is 256 g/mol. The van der Waals surface area contributed by atoms with Crippen LogP contribution in [0.5, 0.6) is 0 Å². The second-order valence-electron chi connectivity index (χ2n) is 6.09. The van der Waals surface area contributed by atoms with Crippen LogP contribution in [-0.4, -0.2) is 38.6 Å². The lowest BCUT2D eigenvalue weighted by Crippen LogP contribution is -2.66. The Kier molecular flexibility index (Phi) is 2.84. The quantitative estimate of drug-likeness (QED) is 0.866. The Morgan fingerprint density at radius 2 is 2.15 bits per heavy atom. The van der Waals surface area contributed by atoms with Crippen molar-refractivity contribution in [2.75, 3.05) is 6.54 Å². The van der Waals surface area contributed by atoms with Crippen molar-refractivity contribution in [1.29, 1.82) is 0 Å². The number of aromatic nitrogens is 2. The first-order valence-corrected chi connectivity index (χ1v) is 7.00. The van der Waals surface area contributed by atoms with Gasteiger partial charge in [-0.15, -0.1) is 0 Å². The van der Waals surface area contributed by atoms with E-state index in [4.69, 9.17) is 0 Å². The Balaban J connectivity index is 1.83. The molecule has 108 valence electrons. The van der Waals surface area contributed by atoms with Gasteiger partial charge >= 0.3 is 0 Å². The summed E-state index contributed by atoms with van der Waals surface area (Å²) in [6.07, 6.45) is 2.03. The van der Waals surface area contributed by atoms with Crippen LogP contribution in [0.3, 0.4) is 0 Å². The summed E-state index contributed by atoms with van der Waals surface area (Å²) in [6, 6.07) is 1.95. The Labute approximate surface area is 118 Å². The molecule has 0 aromatic carbocycles. The third-order valence-electron chi connectivity index (χ3n) is 4.31. The molecule has 0 spiro atoms. The van der Waals surface area contributed by atoms with Crippen LogP contribution in [0.4, 0.5) is 0 Å². The lowest BCUT2D eigenvalue weighted by atomic mass is 9.91. The molecule has 20 heavy (non-hydrogen) atoms. The Bertz CT molecular complexity index is 576. The van der Waals surface area contributed by atoms with Crippen LogP contribution in [0, 0.1) is 12.8 Å². The molecule has 2 fully saturated rings. The SMILES string of the molecule is Cc1cc(CN2CC(=O)NC(C)(C3CC3)C2=O)n(C)n1. The summed E-state index contributed by atoms with van der Waals surface area (Å²) in [4.78, 5) is 26.2. The molecule has 1 saturated carbocycles. The highest BCUT2D eigenvalue weighted by molar-refractivity contribution is 5.98. The number of aryl methyl sites for hydroxylation is 2. The molecule has 1 atom stereocenters. The Hall–Kier alpha value is -1.85. The molecular formula is C14H20N4O2. The van der Waals surface area contributed by atoms with Crippen molar-refractivity contribution in [3.8, 4) is 0 Å². The van der Waals surface area contributed by atoms with Gasteiger partial charge in [-0.2, -0.15) is 5.10 Å². The van der Waals surface area contributed by atoms with Crippen molar-refractivity contribution >= 4 is 11.8 Å². The van der Waals surface area contributed by atoms with E-state index >= 15 is 0 Å². The van der Waals surface area contributed by atoms with Crippen LogP contribution in [0.2, 0.25) is 0 Å². The van der Waals surface area contributed by atoms with Gasteiger partial charge in [-0.05, 0) is 38.7 Å². The lowest BCUT2D eigenvalue weighted by molar-refractivity contribution is -0.150. The van der Waals surface area contributed by atoms with E-state index in [2.05, 4.69) is 10.4 Å². The predicted molar refractivity (Wildman–Crippen MR) is 72.6 cm³/mol. The molecule has 1 unspecified atom stereocenters. The molecule has 1 aliphatic heterocycles. The van der Waals surface area contributed by atoms with E-state index in [-0.39, 0.29) is 24.3 Å². The standard InChI is InChI=1S/C14H20N4O2/c1-9-6-11(17(3)16-9)7-18-8-12(19)15-14(2,13(18)20)10-4-5-10/h6,10H,4-5,7-8H2,1-3H3,(H,15,19). The van der Waals surface area contributed by atoms with Gasteiger partial charge in [0.1, 0.15) is 12.1 Å². The fourth-order valence-electron chi connectivity index (χ4n) is 3.03. The second kappa shape index (κ2) is 4.33. The molecule has 1 saturated heterocycles. The summed E-state index contributed by atoms with van der Waals surface area (Å²) in [5.41, 5.74) is 1.15. The van der Waals surface area contributed by atoms with Gasteiger partial charge in [0.2, 0.25) is 11.8 Å². The fraction of sp³-hybridized carbons (Fsp3) is 0.643. The molecule has 1 aromatic heterocycles. The zero-order valence-corrected chi connectivity index (χ0v) is 12.1. The monoisotopic (exact) mass is 276 g/mol. The normalized spacial score (nSPS) is 26.9. The van der Waals surface area contributed by atoms with Crippen LogP contribution in [-0.2, 0) is 23.2 Å². The number of carbonyl (C=O) groups is 2. The third-order valence-corrected chi connectivity index (χ3v) is 4.31. The summed E-state index contributed by atoms with van der Waals surface area (Å²) >= 11 is 0. The molecule has 6 heteroatoms.